The van der Waals surface area contributed by atoms with E-state index in [4.69, 9.17) is 9.72 Å². The maximum atomic E-state index is 5.14. The first-order valence-electron chi connectivity index (χ1n) is 8.35. The minimum Gasteiger partial charge on any atom is -0.383 e. The fourth-order valence-corrected chi connectivity index (χ4v) is 3.46. The van der Waals surface area contributed by atoms with E-state index < -0.39 is 0 Å². The molecule has 0 spiro atoms. The quantitative estimate of drug-likeness (QED) is 0.828. The van der Waals surface area contributed by atoms with Crippen LogP contribution in [0.5, 0.6) is 0 Å². The Morgan fingerprint density at radius 2 is 2.14 bits per heavy atom. The fourth-order valence-electron chi connectivity index (χ4n) is 3.46. The molecule has 0 bridgehead atoms. The number of pyridine rings is 1. The van der Waals surface area contributed by atoms with E-state index in [9.17, 15) is 0 Å². The van der Waals surface area contributed by atoms with Crippen LogP contribution in [0.2, 0.25) is 0 Å². The molecule has 1 aromatic heterocycles. The highest BCUT2D eigenvalue weighted by Gasteiger charge is 2.20. The van der Waals surface area contributed by atoms with Crippen LogP contribution in [0.3, 0.4) is 0 Å². The van der Waals surface area contributed by atoms with Crippen LogP contribution in [0.1, 0.15) is 48.6 Å². The topological polar surface area (TPSA) is 34.1 Å². The number of hydrogen-bond donors (Lipinski definition) is 1. The molecule has 0 atom stereocenters. The van der Waals surface area contributed by atoms with Gasteiger partial charge in [-0.15, -0.1) is 0 Å². The minimum absolute atomic E-state index is 0.505. The first-order chi connectivity index (χ1) is 10.7. The Morgan fingerprint density at radius 1 is 1.27 bits per heavy atom. The number of hydrogen-bond acceptors (Lipinski definition) is 3. The molecule has 1 aliphatic carbocycles. The van der Waals surface area contributed by atoms with E-state index in [1.54, 1.807) is 7.11 Å². The second kappa shape index (κ2) is 6.76. The van der Waals surface area contributed by atoms with Crippen molar-refractivity contribution in [3.8, 4) is 0 Å². The van der Waals surface area contributed by atoms with Gasteiger partial charge in [0, 0.05) is 31.3 Å². The maximum Gasteiger partial charge on any atom is 0.0743 e. The van der Waals surface area contributed by atoms with E-state index >= 15 is 0 Å². The minimum atomic E-state index is 0.505. The third kappa shape index (κ3) is 2.88. The molecule has 0 saturated heterocycles. The Bertz CT molecular complexity index is 664. The molecule has 118 valence electrons. The molecule has 2 aromatic rings. The number of aromatic nitrogens is 1. The fraction of sp³-hybridized carbons (Fsp3) is 0.526. The van der Waals surface area contributed by atoms with Crippen molar-refractivity contribution in [2.45, 2.75) is 45.6 Å². The molecule has 0 aliphatic heterocycles. The van der Waals surface area contributed by atoms with Crippen LogP contribution in [-0.2, 0) is 24.1 Å². The summed E-state index contributed by atoms with van der Waals surface area (Å²) in [4.78, 5) is 5.03. The average Bonchev–Trinajstić information content (AvgIpc) is 2.98. The van der Waals surface area contributed by atoms with E-state index in [1.165, 1.54) is 46.1 Å². The predicted octanol–water partition coefficient (Wildman–Crippen LogP) is 3.58. The molecule has 0 saturated carbocycles. The summed E-state index contributed by atoms with van der Waals surface area (Å²) in [7, 11) is 1.75. The predicted molar refractivity (Wildman–Crippen MR) is 91.4 cm³/mol. The summed E-state index contributed by atoms with van der Waals surface area (Å²) in [5.41, 5.74) is 6.84. The number of fused-ring (bicyclic) bond motifs is 2. The number of nitrogens with one attached hydrogen (secondary N) is 1. The lowest BCUT2D eigenvalue weighted by atomic mass is 9.94. The highest BCUT2D eigenvalue weighted by molar-refractivity contribution is 5.87. The van der Waals surface area contributed by atoms with Crippen LogP contribution < -0.4 is 5.32 Å². The highest BCUT2D eigenvalue weighted by Crippen LogP contribution is 2.33. The number of methoxy groups -OCH3 is 1. The SMILES string of the molecule is COCCNCc1c2c(nc3c(C(C)C)cccc13)CCC2. The van der Waals surface area contributed by atoms with E-state index in [1.807, 2.05) is 0 Å². The van der Waals surface area contributed by atoms with Crippen LogP contribution in [0.15, 0.2) is 18.2 Å². The molecule has 0 unspecified atom stereocenters. The Kier molecular flexibility index (Phi) is 4.74. The van der Waals surface area contributed by atoms with Gasteiger partial charge in [0.25, 0.3) is 0 Å². The second-order valence-electron chi connectivity index (χ2n) is 6.44. The Morgan fingerprint density at radius 3 is 2.91 bits per heavy atom. The van der Waals surface area contributed by atoms with Gasteiger partial charge in [0.15, 0.2) is 0 Å². The molecule has 1 aromatic carbocycles. The number of benzene rings is 1. The molecule has 0 radical (unpaired) electrons. The lowest BCUT2D eigenvalue weighted by Gasteiger charge is -2.16. The zero-order valence-electron chi connectivity index (χ0n) is 13.9. The molecule has 0 amide bonds. The van der Waals surface area contributed by atoms with Gasteiger partial charge < -0.3 is 10.1 Å². The Hall–Kier alpha value is -1.45. The van der Waals surface area contributed by atoms with Gasteiger partial charge in [0.1, 0.15) is 0 Å². The molecular weight excluding hydrogens is 272 g/mol. The highest BCUT2D eigenvalue weighted by atomic mass is 16.5. The van der Waals surface area contributed by atoms with E-state index in [0.29, 0.717) is 5.92 Å². The van der Waals surface area contributed by atoms with Crippen LogP contribution in [0.25, 0.3) is 10.9 Å². The number of ether oxygens (including phenoxy) is 1. The number of para-hydroxylation sites is 1. The maximum absolute atomic E-state index is 5.14. The van der Waals surface area contributed by atoms with Gasteiger partial charge in [0.2, 0.25) is 0 Å². The van der Waals surface area contributed by atoms with E-state index in [-0.39, 0.29) is 0 Å². The van der Waals surface area contributed by atoms with Crippen LogP contribution in [0, 0.1) is 0 Å². The molecule has 3 rings (SSSR count). The lowest BCUT2D eigenvalue weighted by molar-refractivity contribution is 0.199. The summed E-state index contributed by atoms with van der Waals surface area (Å²) in [6.07, 6.45) is 3.54. The molecular formula is C19H26N2O. The van der Waals surface area contributed by atoms with Gasteiger partial charge in [-0.3, -0.25) is 4.98 Å². The van der Waals surface area contributed by atoms with Crippen molar-refractivity contribution in [1.82, 2.24) is 10.3 Å². The monoisotopic (exact) mass is 298 g/mol. The Labute approximate surface area is 133 Å². The van der Waals surface area contributed by atoms with Crippen molar-refractivity contribution in [1.29, 1.82) is 0 Å². The normalized spacial score (nSPS) is 14.0. The smallest absolute Gasteiger partial charge is 0.0743 e. The molecule has 1 aliphatic rings. The Balaban J connectivity index is 2.06. The average molecular weight is 298 g/mol. The van der Waals surface area contributed by atoms with Crippen LogP contribution in [0.4, 0.5) is 0 Å². The summed E-state index contributed by atoms with van der Waals surface area (Å²) in [6, 6.07) is 6.64. The zero-order chi connectivity index (χ0) is 15.5. The number of rotatable bonds is 6. The summed E-state index contributed by atoms with van der Waals surface area (Å²) >= 11 is 0. The first-order valence-corrected chi connectivity index (χ1v) is 8.35. The van der Waals surface area contributed by atoms with E-state index in [0.717, 1.165) is 26.1 Å². The van der Waals surface area contributed by atoms with Crippen molar-refractivity contribution < 1.29 is 4.74 Å². The van der Waals surface area contributed by atoms with Crippen molar-refractivity contribution in [2.75, 3.05) is 20.3 Å². The standard InChI is InChI=1S/C19H26N2O/c1-13(2)14-6-4-8-16-17(12-20-10-11-22-3)15-7-5-9-18(15)21-19(14)16/h4,6,8,13,20H,5,7,9-12H2,1-3H3. The largest absolute Gasteiger partial charge is 0.383 e. The van der Waals surface area contributed by atoms with E-state index in [2.05, 4.69) is 37.4 Å². The van der Waals surface area contributed by atoms with Gasteiger partial charge >= 0.3 is 0 Å². The van der Waals surface area contributed by atoms with Gasteiger partial charge in [-0.2, -0.15) is 0 Å². The third-order valence-corrected chi connectivity index (χ3v) is 4.60. The molecule has 3 heteroatoms. The summed E-state index contributed by atoms with van der Waals surface area (Å²) in [5.74, 6) is 0.505. The molecule has 1 heterocycles. The molecule has 0 fully saturated rings. The third-order valence-electron chi connectivity index (χ3n) is 4.60. The van der Waals surface area contributed by atoms with Gasteiger partial charge in [-0.1, -0.05) is 32.0 Å². The molecule has 22 heavy (non-hydrogen) atoms. The number of nitrogens with zero attached hydrogens (tertiary/aromatic N) is 1. The van der Waals surface area contributed by atoms with Crippen molar-refractivity contribution in [3.63, 3.8) is 0 Å². The number of aryl methyl sites for hydroxylation is 1. The summed E-state index contributed by atoms with van der Waals surface area (Å²) in [5, 5.41) is 4.85. The van der Waals surface area contributed by atoms with Crippen LogP contribution in [-0.4, -0.2) is 25.2 Å². The van der Waals surface area contributed by atoms with Crippen molar-refractivity contribution >= 4 is 10.9 Å². The second-order valence-corrected chi connectivity index (χ2v) is 6.44. The van der Waals surface area contributed by atoms with Crippen molar-refractivity contribution in [2.24, 2.45) is 0 Å². The van der Waals surface area contributed by atoms with Gasteiger partial charge in [-0.05, 0) is 41.9 Å². The lowest BCUT2D eigenvalue weighted by Crippen LogP contribution is -2.20. The van der Waals surface area contributed by atoms with Gasteiger partial charge in [-0.25, -0.2) is 0 Å². The first kappa shape index (κ1) is 15.4. The summed E-state index contributed by atoms with van der Waals surface area (Å²) in [6.45, 7) is 7.05. The molecule has 3 nitrogen and oxygen atoms in total. The molecule has 1 N–H and O–H groups in total. The summed E-state index contributed by atoms with van der Waals surface area (Å²) < 4.78 is 5.14. The zero-order valence-corrected chi connectivity index (χ0v) is 13.9. The van der Waals surface area contributed by atoms with Gasteiger partial charge in [0.05, 0.1) is 12.1 Å². The van der Waals surface area contributed by atoms with Crippen LogP contribution >= 0.6 is 0 Å². The van der Waals surface area contributed by atoms with Crippen molar-refractivity contribution in [3.05, 3.63) is 40.6 Å².